The molecule has 0 unspecified atom stereocenters. The highest BCUT2D eigenvalue weighted by Crippen LogP contribution is 2.39. The van der Waals surface area contributed by atoms with Crippen molar-refractivity contribution in [1.82, 2.24) is 9.80 Å². The van der Waals surface area contributed by atoms with E-state index in [1.807, 2.05) is 27.7 Å². The summed E-state index contributed by atoms with van der Waals surface area (Å²) in [5.74, 6) is 0. The van der Waals surface area contributed by atoms with Crippen LogP contribution in [0.4, 0.5) is 0 Å². The minimum Gasteiger partial charge on any atom is -0.398 e. The Bertz CT molecular complexity index is 487. The van der Waals surface area contributed by atoms with Crippen LogP contribution in [0.3, 0.4) is 0 Å². The van der Waals surface area contributed by atoms with Gasteiger partial charge in [0.2, 0.25) is 0 Å². The largest absolute Gasteiger partial charge is 0.513 e. The van der Waals surface area contributed by atoms with Crippen molar-refractivity contribution >= 4 is 7.12 Å². The summed E-state index contributed by atoms with van der Waals surface area (Å²) in [6.07, 6.45) is 1.32. The molecule has 0 aliphatic carbocycles. The molecule has 2 aliphatic heterocycles. The molecule has 96 valence electrons. The first-order valence-electron chi connectivity index (χ1n) is 8.77. The van der Waals surface area contributed by atoms with E-state index in [0.717, 1.165) is 4.90 Å². The molecule has 2 heterocycles. The molecule has 0 saturated carbocycles. The lowest BCUT2D eigenvalue weighted by Crippen LogP contribution is -2.41. The fraction of sp³-hybridized carbons (Fsp3) is 0.833. The van der Waals surface area contributed by atoms with Gasteiger partial charge in [0.1, 0.15) is 0 Å². The molecule has 1 fully saturated rings. The van der Waals surface area contributed by atoms with Crippen LogP contribution >= 0.6 is 0 Å². The van der Waals surface area contributed by atoms with Gasteiger partial charge in [-0.25, -0.2) is 0 Å². The van der Waals surface area contributed by atoms with Crippen LogP contribution in [0.15, 0.2) is 11.8 Å². The van der Waals surface area contributed by atoms with Crippen molar-refractivity contribution in [3.05, 3.63) is 11.8 Å². The van der Waals surface area contributed by atoms with Gasteiger partial charge < -0.3 is 19.1 Å². The van der Waals surface area contributed by atoms with Crippen LogP contribution in [0, 0.1) is 0 Å². The topological polar surface area (TPSA) is 24.9 Å². The zero-order valence-corrected chi connectivity index (χ0v) is 10.8. The van der Waals surface area contributed by atoms with Gasteiger partial charge in [-0.05, 0) is 27.7 Å². The van der Waals surface area contributed by atoms with Gasteiger partial charge in [0.25, 0.3) is 0 Å². The second-order valence-corrected chi connectivity index (χ2v) is 5.49. The summed E-state index contributed by atoms with van der Waals surface area (Å²) < 4.78 is 57.5. The maximum absolute atomic E-state index is 7.69. The molecule has 4 nitrogen and oxygen atoms in total. The van der Waals surface area contributed by atoms with Gasteiger partial charge in [-0.15, -0.1) is 0 Å². The number of hydrogen-bond acceptors (Lipinski definition) is 4. The van der Waals surface area contributed by atoms with Crippen molar-refractivity contribution in [3.8, 4) is 0 Å². The SMILES string of the molecule is [2H]C([2H])([2H])N1C=C(B2OC(C)(C)C(C)(C)O2)N(C([2H])([2H])[2H])CC1. The minimum absolute atomic E-state index is 0.0603. The summed E-state index contributed by atoms with van der Waals surface area (Å²) in [5.41, 5.74) is -1.06. The Morgan fingerprint density at radius 1 is 1.18 bits per heavy atom. The first-order valence-corrected chi connectivity index (χ1v) is 5.77. The van der Waals surface area contributed by atoms with Crippen molar-refractivity contribution in [2.24, 2.45) is 0 Å². The summed E-state index contributed by atoms with van der Waals surface area (Å²) in [7, 11) is -0.925. The molecule has 2 aliphatic rings. The Morgan fingerprint density at radius 3 is 2.35 bits per heavy atom. The number of nitrogens with zero attached hydrogens (tertiary/aromatic N) is 2. The number of likely N-dealkylation sites (N-methyl/N-ethyl adjacent to an activating group) is 2. The highest BCUT2D eigenvalue weighted by molar-refractivity contribution is 6.54. The van der Waals surface area contributed by atoms with Crippen LogP contribution in [-0.2, 0) is 9.31 Å². The Morgan fingerprint density at radius 2 is 1.82 bits per heavy atom. The first kappa shape index (κ1) is 7.05. The van der Waals surface area contributed by atoms with Crippen molar-refractivity contribution in [1.29, 1.82) is 0 Å². The van der Waals surface area contributed by atoms with E-state index in [1.54, 1.807) is 0 Å². The molecule has 17 heavy (non-hydrogen) atoms. The molecular formula is C12H23BN2O2. The minimum atomic E-state index is -2.39. The predicted molar refractivity (Wildman–Crippen MR) is 69.4 cm³/mol. The van der Waals surface area contributed by atoms with Gasteiger partial charge in [-0.3, -0.25) is 0 Å². The van der Waals surface area contributed by atoms with Crippen LogP contribution < -0.4 is 0 Å². The van der Waals surface area contributed by atoms with Gasteiger partial charge >= 0.3 is 7.12 Å². The molecule has 0 spiro atoms. The quantitative estimate of drug-likeness (QED) is 0.650. The molecule has 0 radical (unpaired) electrons. The van der Waals surface area contributed by atoms with Crippen molar-refractivity contribution in [3.63, 3.8) is 0 Å². The van der Waals surface area contributed by atoms with Gasteiger partial charge in [0, 0.05) is 41.5 Å². The second-order valence-electron chi connectivity index (χ2n) is 5.49. The average molecular weight is 244 g/mol. The van der Waals surface area contributed by atoms with Crippen molar-refractivity contribution in [2.45, 2.75) is 38.9 Å². The Balaban J connectivity index is 2.39. The molecule has 0 aromatic heterocycles. The summed E-state index contributed by atoms with van der Waals surface area (Å²) in [4.78, 5) is 2.33. The van der Waals surface area contributed by atoms with Gasteiger partial charge in [0.15, 0.2) is 0 Å². The van der Waals surface area contributed by atoms with E-state index in [-0.39, 0.29) is 18.7 Å². The Kier molecular flexibility index (Phi) is 1.62. The first-order chi connectivity index (χ1) is 10.2. The van der Waals surface area contributed by atoms with Gasteiger partial charge in [-0.2, -0.15) is 0 Å². The van der Waals surface area contributed by atoms with Crippen LogP contribution in [-0.4, -0.2) is 55.2 Å². The highest BCUT2D eigenvalue weighted by atomic mass is 16.7. The molecule has 5 heteroatoms. The van der Waals surface area contributed by atoms with Crippen LogP contribution in [0.5, 0.6) is 0 Å². The van der Waals surface area contributed by atoms with E-state index in [2.05, 4.69) is 0 Å². The van der Waals surface area contributed by atoms with E-state index >= 15 is 0 Å². The Labute approximate surface area is 113 Å². The molecule has 2 rings (SSSR count). The van der Waals surface area contributed by atoms with E-state index < -0.39 is 32.3 Å². The van der Waals surface area contributed by atoms with Crippen LogP contribution in [0.25, 0.3) is 0 Å². The van der Waals surface area contributed by atoms with Crippen molar-refractivity contribution in [2.75, 3.05) is 27.0 Å². The standard InChI is InChI=1S/C12H23BN2O2/c1-11(2)12(3,4)17-13(16-11)10-9-14(5)7-8-15(10)6/h9H,7-8H2,1-6H3/i5D3,6D3. The lowest BCUT2D eigenvalue weighted by atomic mass is 9.83. The van der Waals surface area contributed by atoms with Gasteiger partial charge in [-0.1, -0.05) is 0 Å². The fourth-order valence-electron chi connectivity index (χ4n) is 1.78. The molecular weight excluding hydrogens is 215 g/mol. The summed E-state index contributed by atoms with van der Waals surface area (Å²) >= 11 is 0. The molecule has 0 aromatic carbocycles. The third-order valence-electron chi connectivity index (χ3n) is 3.66. The fourth-order valence-corrected chi connectivity index (χ4v) is 1.78. The van der Waals surface area contributed by atoms with Crippen LogP contribution in [0.1, 0.15) is 35.9 Å². The smallest absolute Gasteiger partial charge is 0.398 e. The van der Waals surface area contributed by atoms with E-state index in [0.29, 0.717) is 0 Å². The number of rotatable bonds is 1. The third-order valence-corrected chi connectivity index (χ3v) is 3.66. The van der Waals surface area contributed by atoms with E-state index in [9.17, 15) is 0 Å². The lowest BCUT2D eigenvalue weighted by molar-refractivity contribution is 0.00578. The summed E-state index contributed by atoms with van der Waals surface area (Å²) in [5, 5.41) is 0. The molecule has 0 atom stereocenters. The van der Waals surface area contributed by atoms with E-state index in [4.69, 9.17) is 17.5 Å². The molecule has 0 N–H and O–H groups in total. The van der Waals surface area contributed by atoms with Crippen molar-refractivity contribution < 1.29 is 17.5 Å². The second kappa shape index (κ2) is 3.92. The average Bonchev–Trinajstić information content (AvgIpc) is 2.55. The zero-order valence-electron chi connectivity index (χ0n) is 16.8. The highest BCUT2D eigenvalue weighted by Gasteiger charge is 2.53. The summed E-state index contributed by atoms with van der Waals surface area (Å²) in [6.45, 7) is 2.86. The zero-order chi connectivity index (χ0) is 17.8. The predicted octanol–water partition coefficient (Wildman–Crippen LogP) is 1.34. The maximum atomic E-state index is 7.69. The molecule has 0 bridgehead atoms. The molecule has 0 amide bonds. The third kappa shape index (κ3) is 2.18. The lowest BCUT2D eigenvalue weighted by Gasteiger charge is -2.32. The van der Waals surface area contributed by atoms with E-state index in [1.165, 1.54) is 11.1 Å². The Hall–Kier alpha value is -0.675. The normalized spacial score (nSPS) is 34.1. The maximum Gasteiger partial charge on any atom is 0.513 e. The van der Waals surface area contributed by atoms with Crippen LogP contribution in [0.2, 0.25) is 0 Å². The number of hydrogen-bond donors (Lipinski definition) is 0. The molecule has 0 aromatic rings. The monoisotopic (exact) mass is 244 g/mol. The van der Waals surface area contributed by atoms with Gasteiger partial charge in [0.05, 0.1) is 16.8 Å². The summed E-state index contributed by atoms with van der Waals surface area (Å²) in [6, 6.07) is 0. The molecule has 1 saturated heterocycles.